The van der Waals surface area contributed by atoms with Crippen LogP contribution in [0.5, 0.6) is 5.75 Å². The van der Waals surface area contributed by atoms with Crippen LogP contribution < -0.4 is 10.1 Å². The Kier molecular flexibility index (Phi) is 4.42. The van der Waals surface area contributed by atoms with Gasteiger partial charge in [0.25, 0.3) is 0 Å². The lowest BCUT2D eigenvalue weighted by Crippen LogP contribution is -2.21. The molecule has 4 heteroatoms. The van der Waals surface area contributed by atoms with Crippen LogP contribution in [0.2, 0.25) is 5.02 Å². The van der Waals surface area contributed by atoms with Crippen LogP contribution in [0.1, 0.15) is 23.7 Å². The topological polar surface area (TPSA) is 34.1 Å². The second kappa shape index (κ2) is 6.46. The fraction of sp³-hybridized carbons (Fsp3) is 0.353. The molecule has 1 N–H and O–H groups in total. The van der Waals surface area contributed by atoms with Crippen molar-refractivity contribution in [1.82, 2.24) is 10.3 Å². The first-order valence-electron chi connectivity index (χ1n) is 7.27. The van der Waals surface area contributed by atoms with E-state index in [2.05, 4.69) is 16.4 Å². The molecule has 1 aromatic carbocycles. The molecule has 1 unspecified atom stereocenters. The van der Waals surface area contributed by atoms with Gasteiger partial charge >= 0.3 is 0 Å². The largest absolute Gasteiger partial charge is 0.485 e. The number of nitrogens with one attached hydrogen (secondary N) is 1. The average molecular weight is 303 g/mol. The Morgan fingerprint density at radius 1 is 1.38 bits per heavy atom. The number of rotatable bonds is 4. The van der Waals surface area contributed by atoms with E-state index in [4.69, 9.17) is 16.3 Å². The zero-order valence-corrected chi connectivity index (χ0v) is 12.8. The van der Waals surface area contributed by atoms with Crippen molar-refractivity contribution in [2.75, 3.05) is 13.1 Å². The van der Waals surface area contributed by atoms with Gasteiger partial charge in [0.1, 0.15) is 11.9 Å². The number of ether oxygens (including phenoxy) is 1. The zero-order valence-electron chi connectivity index (χ0n) is 12.1. The van der Waals surface area contributed by atoms with Crippen molar-refractivity contribution in [1.29, 1.82) is 0 Å². The minimum Gasteiger partial charge on any atom is -0.485 e. The van der Waals surface area contributed by atoms with Gasteiger partial charge in [0.15, 0.2) is 0 Å². The van der Waals surface area contributed by atoms with E-state index in [-0.39, 0.29) is 6.10 Å². The number of aromatic nitrogens is 1. The number of pyridine rings is 1. The SMILES string of the molecule is Cc1cc(Cl)ccc1OC(c1cccnc1)[C@H]1CCNC1. The van der Waals surface area contributed by atoms with Gasteiger partial charge in [-0.25, -0.2) is 0 Å². The number of halogens is 1. The highest BCUT2D eigenvalue weighted by atomic mass is 35.5. The molecule has 1 fully saturated rings. The van der Waals surface area contributed by atoms with Gasteiger partial charge in [0.2, 0.25) is 0 Å². The molecule has 0 saturated carbocycles. The molecule has 2 aromatic rings. The standard InChI is InChI=1S/C17H19ClN2O/c1-12-9-15(18)4-5-16(12)21-17(14-6-8-20-11-14)13-3-2-7-19-10-13/h2-5,7,9-10,14,17,20H,6,8,11H2,1H3/t14-,17?/m0/s1. The highest BCUT2D eigenvalue weighted by Gasteiger charge is 2.28. The van der Waals surface area contributed by atoms with E-state index in [1.165, 1.54) is 0 Å². The number of benzene rings is 1. The molecule has 0 bridgehead atoms. The second-order valence-electron chi connectivity index (χ2n) is 5.49. The van der Waals surface area contributed by atoms with Crippen molar-refractivity contribution < 1.29 is 4.74 Å². The minimum atomic E-state index is 0.0218. The fourth-order valence-electron chi connectivity index (χ4n) is 2.80. The van der Waals surface area contributed by atoms with Crippen LogP contribution in [0.4, 0.5) is 0 Å². The summed E-state index contributed by atoms with van der Waals surface area (Å²) in [6.07, 6.45) is 4.83. The van der Waals surface area contributed by atoms with Gasteiger partial charge in [0, 0.05) is 35.4 Å². The molecule has 1 aliphatic rings. The molecule has 0 aliphatic carbocycles. The molecule has 110 valence electrons. The number of aryl methyl sites for hydroxylation is 1. The Morgan fingerprint density at radius 3 is 2.95 bits per heavy atom. The first kappa shape index (κ1) is 14.4. The van der Waals surface area contributed by atoms with Crippen molar-refractivity contribution >= 4 is 11.6 Å². The first-order chi connectivity index (χ1) is 10.2. The molecule has 3 nitrogen and oxygen atoms in total. The van der Waals surface area contributed by atoms with Gasteiger partial charge in [-0.1, -0.05) is 17.7 Å². The smallest absolute Gasteiger partial charge is 0.129 e. The van der Waals surface area contributed by atoms with Crippen LogP contribution in [0, 0.1) is 12.8 Å². The van der Waals surface area contributed by atoms with Gasteiger partial charge in [0.05, 0.1) is 0 Å². The third-order valence-corrected chi connectivity index (χ3v) is 4.17. The summed E-state index contributed by atoms with van der Waals surface area (Å²) in [5.41, 5.74) is 2.18. The second-order valence-corrected chi connectivity index (χ2v) is 5.92. The minimum absolute atomic E-state index is 0.0218. The predicted molar refractivity (Wildman–Crippen MR) is 84.8 cm³/mol. The summed E-state index contributed by atoms with van der Waals surface area (Å²) in [5.74, 6) is 1.35. The number of hydrogen-bond acceptors (Lipinski definition) is 3. The van der Waals surface area contributed by atoms with Crippen LogP contribution in [0.25, 0.3) is 0 Å². The van der Waals surface area contributed by atoms with E-state index < -0.39 is 0 Å². The first-order valence-corrected chi connectivity index (χ1v) is 7.65. The summed E-state index contributed by atoms with van der Waals surface area (Å²) in [4.78, 5) is 4.23. The molecule has 0 radical (unpaired) electrons. The Balaban J connectivity index is 1.88. The van der Waals surface area contributed by atoms with Crippen LogP contribution >= 0.6 is 11.6 Å². The van der Waals surface area contributed by atoms with Gasteiger partial charge in [-0.15, -0.1) is 0 Å². The Morgan fingerprint density at radius 2 is 2.29 bits per heavy atom. The molecule has 0 amide bonds. The van der Waals surface area contributed by atoms with Crippen LogP contribution in [-0.4, -0.2) is 18.1 Å². The summed E-state index contributed by atoms with van der Waals surface area (Å²) >= 11 is 6.02. The van der Waals surface area contributed by atoms with Gasteiger partial charge < -0.3 is 10.1 Å². The monoisotopic (exact) mass is 302 g/mol. The van der Waals surface area contributed by atoms with E-state index in [0.29, 0.717) is 5.92 Å². The summed E-state index contributed by atoms with van der Waals surface area (Å²) in [5, 5.41) is 4.15. The zero-order chi connectivity index (χ0) is 14.7. The molecular formula is C17H19ClN2O. The molecule has 21 heavy (non-hydrogen) atoms. The lowest BCUT2D eigenvalue weighted by Gasteiger charge is -2.25. The van der Waals surface area contributed by atoms with E-state index in [9.17, 15) is 0 Å². The fourth-order valence-corrected chi connectivity index (χ4v) is 3.02. The third-order valence-electron chi connectivity index (χ3n) is 3.93. The van der Waals surface area contributed by atoms with E-state index >= 15 is 0 Å². The lowest BCUT2D eigenvalue weighted by molar-refractivity contribution is 0.143. The Bertz CT molecular complexity index is 597. The van der Waals surface area contributed by atoms with Crippen LogP contribution in [0.3, 0.4) is 0 Å². The van der Waals surface area contributed by atoms with Crippen molar-refractivity contribution in [3.05, 3.63) is 58.9 Å². The van der Waals surface area contributed by atoms with Gasteiger partial charge in [-0.05, 0) is 49.7 Å². The molecule has 3 rings (SSSR count). The number of hydrogen-bond donors (Lipinski definition) is 1. The highest BCUT2D eigenvalue weighted by Crippen LogP contribution is 2.33. The molecule has 1 aromatic heterocycles. The van der Waals surface area contributed by atoms with Gasteiger partial charge in [-0.2, -0.15) is 0 Å². The highest BCUT2D eigenvalue weighted by molar-refractivity contribution is 6.30. The van der Waals surface area contributed by atoms with Crippen LogP contribution in [-0.2, 0) is 0 Å². The van der Waals surface area contributed by atoms with E-state index in [0.717, 1.165) is 41.4 Å². The summed E-state index contributed by atoms with van der Waals surface area (Å²) < 4.78 is 6.33. The lowest BCUT2D eigenvalue weighted by atomic mass is 9.96. The summed E-state index contributed by atoms with van der Waals surface area (Å²) in [7, 11) is 0. The molecule has 0 spiro atoms. The van der Waals surface area contributed by atoms with Crippen molar-refractivity contribution in [2.45, 2.75) is 19.4 Å². The molecule has 2 heterocycles. The molecule has 1 saturated heterocycles. The third kappa shape index (κ3) is 3.36. The van der Waals surface area contributed by atoms with E-state index in [1.807, 2.05) is 37.4 Å². The maximum absolute atomic E-state index is 6.33. The summed E-state index contributed by atoms with van der Waals surface area (Å²) in [6, 6.07) is 9.80. The predicted octanol–water partition coefficient (Wildman–Crippen LogP) is 3.77. The Hall–Kier alpha value is -1.58. The van der Waals surface area contributed by atoms with E-state index in [1.54, 1.807) is 6.20 Å². The summed E-state index contributed by atoms with van der Waals surface area (Å²) in [6.45, 7) is 4.05. The normalized spacial score (nSPS) is 19.4. The van der Waals surface area contributed by atoms with Crippen molar-refractivity contribution in [2.24, 2.45) is 5.92 Å². The molecule has 1 aliphatic heterocycles. The quantitative estimate of drug-likeness (QED) is 0.933. The number of nitrogens with zero attached hydrogens (tertiary/aromatic N) is 1. The van der Waals surface area contributed by atoms with Crippen molar-refractivity contribution in [3.8, 4) is 5.75 Å². The maximum Gasteiger partial charge on any atom is 0.129 e. The average Bonchev–Trinajstić information content (AvgIpc) is 3.01. The Labute approximate surface area is 130 Å². The molecular weight excluding hydrogens is 284 g/mol. The maximum atomic E-state index is 6.33. The van der Waals surface area contributed by atoms with Crippen molar-refractivity contribution in [3.63, 3.8) is 0 Å². The van der Waals surface area contributed by atoms with Gasteiger partial charge in [-0.3, -0.25) is 4.98 Å². The molecule has 2 atom stereocenters. The van der Waals surface area contributed by atoms with Crippen LogP contribution in [0.15, 0.2) is 42.7 Å².